The third-order valence-corrected chi connectivity index (χ3v) is 3.29. The van der Waals surface area contributed by atoms with E-state index in [1.165, 1.54) is 0 Å². The Labute approximate surface area is 122 Å². The highest BCUT2D eigenvalue weighted by atomic mass is 16.2. The number of aryl methyl sites for hydroxylation is 2. The summed E-state index contributed by atoms with van der Waals surface area (Å²) >= 11 is 0. The van der Waals surface area contributed by atoms with Gasteiger partial charge in [-0.15, -0.1) is 0 Å². The molecule has 5 nitrogen and oxygen atoms in total. The van der Waals surface area contributed by atoms with Crippen LogP contribution in [-0.4, -0.2) is 40.2 Å². The van der Waals surface area contributed by atoms with E-state index in [1.54, 1.807) is 4.68 Å². The molecule has 0 aliphatic carbocycles. The van der Waals surface area contributed by atoms with Gasteiger partial charge in [-0.25, -0.2) is 0 Å². The minimum absolute atomic E-state index is 0.0419. The lowest BCUT2D eigenvalue weighted by molar-refractivity contribution is -0.117. The predicted octanol–water partition coefficient (Wildman–Crippen LogP) is 2.57. The highest BCUT2D eigenvalue weighted by Crippen LogP contribution is 2.08. The lowest BCUT2D eigenvalue weighted by Gasteiger charge is -2.21. The number of aromatic nitrogens is 2. The average molecular weight is 280 g/mol. The van der Waals surface area contributed by atoms with E-state index < -0.39 is 0 Å². The number of rotatable bonds is 9. The molecule has 1 aromatic heterocycles. The maximum Gasteiger partial charge on any atom is 0.239 e. The van der Waals surface area contributed by atoms with Crippen LogP contribution >= 0.6 is 0 Å². The second kappa shape index (κ2) is 8.74. The summed E-state index contributed by atoms with van der Waals surface area (Å²) in [6.07, 6.45) is 4.60. The number of carbonyl (C=O) groups excluding carboxylic acids is 1. The van der Waals surface area contributed by atoms with Gasteiger partial charge in [-0.2, -0.15) is 5.10 Å². The summed E-state index contributed by atoms with van der Waals surface area (Å²) in [5.74, 6) is 0.804. The molecule has 0 saturated heterocycles. The Bertz CT molecular complexity index is 406. The smallest absolute Gasteiger partial charge is 0.239 e. The van der Waals surface area contributed by atoms with Crippen molar-refractivity contribution in [1.82, 2.24) is 14.7 Å². The molecular formula is C15H28N4O. The van der Waals surface area contributed by atoms with Crippen LogP contribution in [0.15, 0.2) is 6.07 Å². The van der Waals surface area contributed by atoms with Crippen molar-refractivity contribution in [1.29, 1.82) is 0 Å². The fraction of sp³-hybridized carbons (Fsp3) is 0.733. The fourth-order valence-corrected chi connectivity index (χ4v) is 2.15. The Morgan fingerprint density at radius 1 is 1.30 bits per heavy atom. The van der Waals surface area contributed by atoms with Crippen molar-refractivity contribution >= 4 is 11.7 Å². The maximum atomic E-state index is 12.1. The van der Waals surface area contributed by atoms with Gasteiger partial charge >= 0.3 is 0 Å². The molecule has 1 heterocycles. The first-order chi connectivity index (χ1) is 9.56. The van der Waals surface area contributed by atoms with Crippen LogP contribution in [0.3, 0.4) is 0 Å². The largest absolute Gasteiger partial charge is 0.310 e. The van der Waals surface area contributed by atoms with Crippen LogP contribution in [0, 0.1) is 6.92 Å². The highest BCUT2D eigenvalue weighted by Gasteiger charge is 2.12. The Kier molecular flexibility index (Phi) is 7.30. The molecule has 0 atom stereocenters. The molecule has 114 valence electrons. The monoisotopic (exact) mass is 280 g/mol. The molecule has 1 rings (SSSR count). The molecule has 0 fully saturated rings. The zero-order valence-corrected chi connectivity index (χ0v) is 13.3. The molecule has 1 N–H and O–H groups in total. The molecular weight excluding hydrogens is 252 g/mol. The Hall–Kier alpha value is -1.36. The molecule has 0 aromatic carbocycles. The van der Waals surface area contributed by atoms with E-state index in [1.807, 2.05) is 20.0 Å². The van der Waals surface area contributed by atoms with E-state index in [9.17, 15) is 4.79 Å². The molecule has 0 unspecified atom stereocenters. The standard InChI is InChI=1S/C15H28N4O/c1-5-7-9-19(10-8-6-2)12-15(20)16-14-11-13(3)17-18(14)4/h11H,5-10,12H2,1-4H3,(H,16,20). The van der Waals surface area contributed by atoms with Gasteiger partial charge in [0.1, 0.15) is 5.82 Å². The molecule has 0 spiro atoms. The molecule has 0 bridgehead atoms. The molecule has 0 aliphatic heterocycles. The van der Waals surface area contributed by atoms with E-state index >= 15 is 0 Å². The van der Waals surface area contributed by atoms with Crippen LogP contribution < -0.4 is 5.32 Å². The lowest BCUT2D eigenvalue weighted by Crippen LogP contribution is -2.35. The topological polar surface area (TPSA) is 50.2 Å². The van der Waals surface area contributed by atoms with Crippen LogP contribution in [-0.2, 0) is 11.8 Å². The third-order valence-electron chi connectivity index (χ3n) is 3.29. The Balaban J connectivity index is 2.49. The van der Waals surface area contributed by atoms with Crippen molar-refractivity contribution < 1.29 is 4.79 Å². The minimum atomic E-state index is 0.0419. The van der Waals surface area contributed by atoms with E-state index in [0.717, 1.165) is 50.3 Å². The van der Waals surface area contributed by atoms with E-state index in [2.05, 4.69) is 29.2 Å². The van der Waals surface area contributed by atoms with Crippen molar-refractivity contribution in [2.75, 3.05) is 25.0 Å². The average Bonchev–Trinajstić information content (AvgIpc) is 2.71. The van der Waals surface area contributed by atoms with Crippen LogP contribution in [0.2, 0.25) is 0 Å². The Morgan fingerprint density at radius 3 is 2.35 bits per heavy atom. The number of nitrogens with one attached hydrogen (secondary N) is 1. The van der Waals surface area contributed by atoms with Crippen LogP contribution in [0.4, 0.5) is 5.82 Å². The number of hydrogen-bond donors (Lipinski definition) is 1. The maximum absolute atomic E-state index is 12.1. The number of hydrogen-bond acceptors (Lipinski definition) is 3. The number of carbonyl (C=O) groups is 1. The first-order valence-electron chi connectivity index (χ1n) is 7.59. The van der Waals surface area contributed by atoms with Crippen LogP contribution in [0.1, 0.15) is 45.2 Å². The fourth-order valence-electron chi connectivity index (χ4n) is 2.15. The number of amides is 1. The number of anilines is 1. The molecule has 5 heteroatoms. The summed E-state index contributed by atoms with van der Waals surface area (Å²) in [7, 11) is 1.84. The Morgan fingerprint density at radius 2 is 1.90 bits per heavy atom. The van der Waals surface area contributed by atoms with Gasteiger partial charge in [-0.3, -0.25) is 14.4 Å². The SMILES string of the molecule is CCCCN(CCCC)CC(=O)Nc1cc(C)nn1C. The van der Waals surface area contributed by atoms with Gasteiger partial charge in [-0.05, 0) is 32.9 Å². The summed E-state index contributed by atoms with van der Waals surface area (Å²) in [6.45, 7) is 8.73. The van der Waals surface area contributed by atoms with Crippen LogP contribution in [0.25, 0.3) is 0 Å². The lowest BCUT2D eigenvalue weighted by atomic mass is 10.2. The second-order valence-electron chi connectivity index (χ2n) is 5.33. The highest BCUT2D eigenvalue weighted by molar-refractivity contribution is 5.91. The summed E-state index contributed by atoms with van der Waals surface area (Å²) < 4.78 is 1.70. The molecule has 1 amide bonds. The number of nitrogens with zero attached hydrogens (tertiary/aromatic N) is 3. The first-order valence-corrected chi connectivity index (χ1v) is 7.59. The molecule has 20 heavy (non-hydrogen) atoms. The summed E-state index contributed by atoms with van der Waals surface area (Å²) in [6, 6.07) is 1.89. The minimum Gasteiger partial charge on any atom is -0.310 e. The van der Waals surface area contributed by atoms with Gasteiger partial charge in [0.2, 0.25) is 5.91 Å². The van der Waals surface area contributed by atoms with Gasteiger partial charge in [0, 0.05) is 13.1 Å². The zero-order valence-electron chi connectivity index (χ0n) is 13.3. The third kappa shape index (κ3) is 5.74. The summed E-state index contributed by atoms with van der Waals surface area (Å²) in [5, 5.41) is 7.17. The van der Waals surface area contributed by atoms with Gasteiger partial charge in [-0.1, -0.05) is 26.7 Å². The van der Waals surface area contributed by atoms with Crippen molar-refractivity contribution in [3.63, 3.8) is 0 Å². The van der Waals surface area contributed by atoms with Crippen LogP contribution in [0.5, 0.6) is 0 Å². The molecule has 0 aliphatic rings. The van der Waals surface area contributed by atoms with Crippen molar-refractivity contribution in [2.45, 2.75) is 46.5 Å². The summed E-state index contributed by atoms with van der Waals surface area (Å²) in [5.41, 5.74) is 0.914. The van der Waals surface area contributed by atoms with E-state index in [4.69, 9.17) is 0 Å². The van der Waals surface area contributed by atoms with Crippen molar-refractivity contribution in [3.8, 4) is 0 Å². The molecule has 0 radical (unpaired) electrons. The molecule has 1 aromatic rings. The summed E-state index contributed by atoms with van der Waals surface area (Å²) in [4.78, 5) is 14.4. The number of unbranched alkanes of at least 4 members (excludes halogenated alkanes) is 2. The normalized spacial score (nSPS) is 11.1. The van der Waals surface area contributed by atoms with Gasteiger partial charge < -0.3 is 5.32 Å². The van der Waals surface area contributed by atoms with Crippen molar-refractivity contribution in [2.24, 2.45) is 7.05 Å². The van der Waals surface area contributed by atoms with Gasteiger partial charge in [0.05, 0.1) is 12.2 Å². The van der Waals surface area contributed by atoms with Crippen molar-refractivity contribution in [3.05, 3.63) is 11.8 Å². The quantitative estimate of drug-likeness (QED) is 0.756. The predicted molar refractivity (Wildman–Crippen MR) is 82.8 cm³/mol. The second-order valence-corrected chi connectivity index (χ2v) is 5.33. The first kappa shape index (κ1) is 16.7. The zero-order chi connectivity index (χ0) is 15.0. The van der Waals surface area contributed by atoms with E-state index in [-0.39, 0.29) is 5.91 Å². The molecule has 0 saturated carbocycles. The van der Waals surface area contributed by atoms with E-state index in [0.29, 0.717) is 6.54 Å². The van der Waals surface area contributed by atoms with Gasteiger partial charge in [0.15, 0.2) is 0 Å². The van der Waals surface area contributed by atoms with Gasteiger partial charge in [0.25, 0.3) is 0 Å².